The Morgan fingerprint density at radius 2 is 1.90 bits per heavy atom. The number of H-pyrrole nitrogens is 1. The van der Waals surface area contributed by atoms with Gasteiger partial charge in [0.2, 0.25) is 0 Å². The van der Waals surface area contributed by atoms with Crippen LogP contribution in [0.2, 0.25) is 0 Å². The molecule has 3 aromatic rings. The predicted molar refractivity (Wildman–Crippen MR) is 122 cm³/mol. The van der Waals surface area contributed by atoms with Crippen molar-refractivity contribution in [2.24, 2.45) is 5.92 Å². The van der Waals surface area contributed by atoms with Crippen molar-refractivity contribution in [1.82, 2.24) is 24.8 Å². The molecule has 5 rings (SSSR count). The minimum atomic E-state index is 0.358. The van der Waals surface area contributed by atoms with Gasteiger partial charge in [-0.1, -0.05) is 19.1 Å². The number of pyridine rings is 1. The number of piperazine rings is 1. The van der Waals surface area contributed by atoms with E-state index in [1.165, 1.54) is 23.4 Å². The molecule has 0 amide bonds. The van der Waals surface area contributed by atoms with Gasteiger partial charge in [0.05, 0.1) is 29.5 Å². The SMILES string of the molecule is Cc1cccnc1[C@H]1[C@@H](C)CCN1Cc1nc2c(N3CCN(C)CC3)cccc2[nH]1. The van der Waals surface area contributed by atoms with Crippen LogP contribution in [0.25, 0.3) is 11.0 Å². The lowest BCUT2D eigenvalue weighted by molar-refractivity contribution is 0.216. The van der Waals surface area contributed by atoms with Crippen LogP contribution in [0.15, 0.2) is 36.5 Å². The maximum Gasteiger partial charge on any atom is 0.121 e. The largest absolute Gasteiger partial charge is 0.367 e. The fraction of sp³-hybridized carbons (Fsp3) is 0.500. The van der Waals surface area contributed by atoms with Gasteiger partial charge in [0, 0.05) is 32.4 Å². The molecular weight excluding hydrogens is 372 g/mol. The minimum absolute atomic E-state index is 0.358. The zero-order valence-corrected chi connectivity index (χ0v) is 18.3. The smallest absolute Gasteiger partial charge is 0.121 e. The number of aromatic amines is 1. The lowest BCUT2D eigenvalue weighted by Gasteiger charge is -2.34. The van der Waals surface area contributed by atoms with Crippen LogP contribution in [0, 0.1) is 12.8 Å². The Bertz CT molecular complexity index is 1020. The zero-order chi connectivity index (χ0) is 20.7. The van der Waals surface area contributed by atoms with Gasteiger partial charge in [-0.25, -0.2) is 4.98 Å². The molecule has 1 aromatic carbocycles. The van der Waals surface area contributed by atoms with E-state index in [1.807, 2.05) is 12.3 Å². The number of aromatic nitrogens is 3. The number of fused-ring (bicyclic) bond motifs is 1. The van der Waals surface area contributed by atoms with E-state index < -0.39 is 0 Å². The molecule has 2 aliphatic rings. The zero-order valence-electron chi connectivity index (χ0n) is 18.3. The van der Waals surface area contributed by atoms with Crippen molar-refractivity contribution in [2.45, 2.75) is 32.9 Å². The number of nitrogens with zero attached hydrogens (tertiary/aromatic N) is 5. The highest BCUT2D eigenvalue weighted by atomic mass is 15.3. The first-order chi connectivity index (χ1) is 14.6. The summed E-state index contributed by atoms with van der Waals surface area (Å²) in [5.41, 5.74) is 6.00. The van der Waals surface area contributed by atoms with Crippen LogP contribution in [0.1, 0.15) is 36.5 Å². The molecular formula is C24H32N6. The summed E-state index contributed by atoms with van der Waals surface area (Å²) in [4.78, 5) is 20.8. The lowest BCUT2D eigenvalue weighted by atomic mass is 9.96. The normalized spacial score (nSPS) is 23.5. The van der Waals surface area contributed by atoms with Gasteiger partial charge in [-0.15, -0.1) is 0 Å². The Labute approximate surface area is 178 Å². The molecule has 30 heavy (non-hydrogen) atoms. The van der Waals surface area contributed by atoms with E-state index in [2.05, 4.69) is 64.8 Å². The second-order valence-electron chi connectivity index (χ2n) is 9.03. The molecule has 0 unspecified atom stereocenters. The number of imidazole rings is 1. The summed E-state index contributed by atoms with van der Waals surface area (Å²) in [6, 6.07) is 11.1. The Kier molecular flexibility index (Phi) is 5.21. The van der Waals surface area contributed by atoms with E-state index in [1.54, 1.807) is 0 Å². The molecule has 2 aliphatic heterocycles. The molecule has 0 spiro atoms. The molecule has 0 aliphatic carbocycles. The standard InChI is InChI=1S/C24H32N6/c1-17-6-5-10-25-22(17)24-18(2)9-11-30(24)16-21-26-19-7-4-8-20(23(19)27-21)29-14-12-28(3)13-15-29/h4-8,10,18,24H,9,11-16H2,1-3H3,(H,26,27)/t18-,24+/m0/s1. The summed E-state index contributed by atoms with van der Waals surface area (Å²) in [7, 11) is 2.20. The van der Waals surface area contributed by atoms with Crippen LogP contribution in [0.5, 0.6) is 0 Å². The highest BCUT2D eigenvalue weighted by Gasteiger charge is 2.34. The quantitative estimate of drug-likeness (QED) is 0.720. The fourth-order valence-electron chi connectivity index (χ4n) is 5.09. The van der Waals surface area contributed by atoms with Crippen molar-refractivity contribution in [2.75, 3.05) is 44.7 Å². The number of likely N-dealkylation sites (N-methyl/N-ethyl adjacent to an activating group) is 1. The van der Waals surface area contributed by atoms with Crippen LogP contribution in [0.3, 0.4) is 0 Å². The van der Waals surface area contributed by atoms with Crippen LogP contribution >= 0.6 is 0 Å². The first kappa shape index (κ1) is 19.5. The average Bonchev–Trinajstić information content (AvgIpc) is 3.32. The number of para-hydroxylation sites is 1. The van der Waals surface area contributed by atoms with E-state index in [9.17, 15) is 0 Å². The van der Waals surface area contributed by atoms with Crippen molar-refractivity contribution in [3.05, 3.63) is 53.6 Å². The van der Waals surface area contributed by atoms with E-state index in [4.69, 9.17) is 9.97 Å². The molecule has 1 N–H and O–H groups in total. The molecule has 6 nitrogen and oxygen atoms in total. The topological polar surface area (TPSA) is 51.3 Å². The molecule has 2 atom stereocenters. The van der Waals surface area contributed by atoms with Gasteiger partial charge in [-0.05, 0) is 56.6 Å². The van der Waals surface area contributed by atoms with Gasteiger partial charge in [0.15, 0.2) is 0 Å². The monoisotopic (exact) mass is 404 g/mol. The maximum absolute atomic E-state index is 5.07. The molecule has 0 saturated carbocycles. The summed E-state index contributed by atoms with van der Waals surface area (Å²) in [5, 5.41) is 0. The molecule has 2 fully saturated rings. The van der Waals surface area contributed by atoms with Gasteiger partial charge in [0.25, 0.3) is 0 Å². The van der Waals surface area contributed by atoms with Gasteiger partial charge in [0.1, 0.15) is 11.3 Å². The number of nitrogens with one attached hydrogen (secondary N) is 1. The van der Waals surface area contributed by atoms with Gasteiger partial charge in [-0.2, -0.15) is 0 Å². The third kappa shape index (κ3) is 3.59. The Hall–Kier alpha value is -2.44. The van der Waals surface area contributed by atoms with Crippen molar-refractivity contribution in [1.29, 1.82) is 0 Å². The van der Waals surface area contributed by atoms with E-state index >= 15 is 0 Å². The van der Waals surface area contributed by atoms with Crippen LogP contribution in [0.4, 0.5) is 5.69 Å². The fourth-order valence-corrected chi connectivity index (χ4v) is 5.09. The molecule has 2 aromatic heterocycles. The lowest BCUT2D eigenvalue weighted by Crippen LogP contribution is -2.44. The number of hydrogen-bond acceptors (Lipinski definition) is 5. The highest BCUT2D eigenvalue weighted by molar-refractivity contribution is 5.89. The molecule has 158 valence electrons. The Morgan fingerprint density at radius 1 is 1.07 bits per heavy atom. The Morgan fingerprint density at radius 3 is 2.70 bits per heavy atom. The molecule has 4 heterocycles. The highest BCUT2D eigenvalue weighted by Crippen LogP contribution is 2.38. The third-order valence-corrected chi connectivity index (χ3v) is 6.87. The summed E-state index contributed by atoms with van der Waals surface area (Å²) < 4.78 is 0. The number of anilines is 1. The number of benzene rings is 1. The van der Waals surface area contributed by atoms with Crippen LogP contribution in [-0.4, -0.2) is 64.5 Å². The van der Waals surface area contributed by atoms with Gasteiger partial charge < -0.3 is 14.8 Å². The second-order valence-corrected chi connectivity index (χ2v) is 9.03. The average molecular weight is 405 g/mol. The van der Waals surface area contributed by atoms with E-state index in [-0.39, 0.29) is 0 Å². The van der Waals surface area contributed by atoms with Crippen LogP contribution < -0.4 is 4.90 Å². The van der Waals surface area contributed by atoms with Crippen molar-refractivity contribution in [3.63, 3.8) is 0 Å². The van der Waals surface area contributed by atoms with E-state index in [0.717, 1.165) is 56.1 Å². The Balaban J connectivity index is 1.41. The molecule has 0 radical (unpaired) electrons. The van der Waals surface area contributed by atoms with Crippen molar-refractivity contribution in [3.8, 4) is 0 Å². The number of rotatable bonds is 4. The summed E-state index contributed by atoms with van der Waals surface area (Å²) in [5.74, 6) is 1.66. The van der Waals surface area contributed by atoms with Crippen molar-refractivity contribution >= 4 is 16.7 Å². The van der Waals surface area contributed by atoms with Crippen LogP contribution in [-0.2, 0) is 6.54 Å². The number of aryl methyl sites for hydroxylation is 1. The van der Waals surface area contributed by atoms with E-state index in [0.29, 0.717) is 12.0 Å². The van der Waals surface area contributed by atoms with Gasteiger partial charge >= 0.3 is 0 Å². The predicted octanol–water partition coefficient (Wildman–Crippen LogP) is 3.60. The first-order valence-electron chi connectivity index (χ1n) is 11.2. The number of likely N-dealkylation sites (tertiary alicyclic amines) is 1. The summed E-state index contributed by atoms with van der Waals surface area (Å²) in [6.07, 6.45) is 3.13. The summed E-state index contributed by atoms with van der Waals surface area (Å²) >= 11 is 0. The first-order valence-corrected chi connectivity index (χ1v) is 11.2. The van der Waals surface area contributed by atoms with Gasteiger partial charge in [-0.3, -0.25) is 9.88 Å². The second kappa shape index (κ2) is 8.00. The minimum Gasteiger partial charge on any atom is -0.367 e. The maximum atomic E-state index is 5.07. The molecule has 0 bridgehead atoms. The van der Waals surface area contributed by atoms with Crippen molar-refractivity contribution < 1.29 is 0 Å². The number of hydrogen-bond donors (Lipinski definition) is 1. The summed E-state index contributed by atoms with van der Waals surface area (Å²) in [6.45, 7) is 10.8. The third-order valence-electron chi connectivity index (χ3n) is 6.87. The molecule has 6 heteroatoms. The molecule has 2 saturated heterocycles.